The Morgan fingerprint density at radius 1 is 1.34 bits per heavy atom. The van der Waals surface area contributed by atoms with Gasteiger partial charge in [-0.15, -0.1) is 15.6 Å². The molecule has 0 N–H and O–H groups in total. The Morgan fingerprint density at radius 3 is 2.86 bits per heavy atom. The number of halogens is 2. The zero-order chi connectivity index (χ0) is 19.5. The number of hydrogen-bond acceptors (Lipinski definition) is 6. The topological polar surface area (TPSA) is 87.0 Å². The first-order valence-electron chi connectivity index (χ1n) is 9.14. The summed E-state index contributed by atoms with van der Waals surface area (Å²) in [5.74, 6) is 1.11. The quantitative estimate of drug-likeness (QED) is 0.547. The average Bonchev–Trinajstić information content (AvgIpc) is 3.29. The third kappa shape index (κ3) is 3.52. The molecule has 1 aliphatic heterocycles. The molecule has 3 heterocycles. The Hall–Kier alpha value is -1.42. The number of fused-ring (bicyclic) bond motifs is 2. The molecular weight excluding hydrogens is 474 g/mol. The van der Waals surface area contributed by atoms with Crippen LogP contribution in [-0.4, -0.2) is 36.2 Å². The molecule has 2 bridgehead atoms. The Labute approximate surface area is 197 Å². The SMILES string of the molecule is Cc1noc(C23C[C@@H](C)C[C@H](C2)N3[N-]c2ccc(Cl)c(-n3ncc(F)n3)c2)n1.[Y]. The fourth-order valence-corrected chi connectivity index (χ4v) is 4.62. The molecule has 3 aromatic rings. The molecule has 1 radical (unpaired) electrons. The van der Waals surface area contributed by atoms with E-state index < -0.39 is 5.95 Å². The summed E-state index contributed by atoms with van der Waals surface area (Å²) in [4.78, 5) is 5.65. The predicted molar refractivity (Wildman–Crippen MR) is 98.7 cm³/mol. The summed E-state index contributed by atoms with van der Waals surface area (Å²) in [5, 5.41) is 14.0. The normalized spacial score (nSPS) is 25.9. The number of piperidine rings is 1. The van der Waals surface area contributed by atoms with Gasteiger partial charge < -0.3 is 15.0 Å². The number of nitrogens with zero attached hydrogens (tertiary/aromatic N) is 7. The second-order valence-electron chi connectivity index (χ2n) is 7.62. The number of rotatable bonds is 4. The maximum atomic E-state index is 13.3. The summed E-state index contributed by atoms with van der Waals surface area (Å²) in [7, 11) is 0. The molecule has 1 aliphatic carbocycles. The van der Waals surface area contributed by atoms with Crippen LogP contribution >= 0.6 is 11.6 Å². The van der Waals surface area contributed by atoms with Gasteiger partial charge in [0.2, 0.25) is 5.89 Å². The third-order valence-corrected chi connectivity index (χ3v) is 5.80. The van der Waals surface area contributed by atoms with E-state index in [9.17, 15) is 4.39 Å². The third-order valence-electron chi connectivity index (χ3n) is 5.48. The minimum Gasteiger partial charge on any atom is -0.619 e. The average molecular weight is 492 g/mol. The summed E-state index contributed by atoms with van der Waals surface area (Å²) in [6, 6.07) is 5.58. The molecule has 29 heavy (non-hydrogen) atoms. The standard InChI is InChI=1S/C18H18ClFN7O.Y/c1-10-5-13-8-18(7-10,17-22-11(2)25-28-17)26(13)23-12-3-4-14(19)15(6-12)27-21-9-16(20)24-27;/h3-4,6,9-10,13H,5,7-8H2,1-2H3;/q-1;/t10-,13+,18?;/m0./s1. The van der Waals surface area contributed by atoms with E-state index in [1.165, 1.54) is 0 Å². The van der Waals surface area contributed by atoms with Crippen molar-refractivity contribution in [2.75, 3.05) is 0 Å². The van der Waals surface area contributed by atoms with Gasteiger partial charge in [0.25, 0.3) is 5.95 Å². The Kier molecular flexibility index (Phi) is 5.52. The monoisotopic (exact) mass is 491 g/mol. The summed E-state index contributed by atoms with van der Waals surface area (Å²) in [6.45, 7) is 4.05. The zero-order valence-corrected chi connectivity index (χ0v) is 19.6. The molecule has 2 fully saturated rings. The van der Waals surface area contributed by atoms with E-state index in [0.717, 1.165) is 30.3 Å². The molecular formula is C18H18ClFN7OY-. The fraction of sp³-hybridized carbons (Fsp3) is 0.444. The minimum atomic E-state index is -0.671. The van der Waals surface area contributed by atoms with Crippen LogP contribution in [0.4, 0.5) is 10.1 Å². The van der Waals surface area contributed by atoms with Gasteiger partial charge in [-0.05, 0) is 50.3 Å². The number of hydrogen-bond donors (Lipinski definition) is 0. The predicted octanol–water partition coefficient (Wildman–Crippen LogP) is 4.07. The van der Waals surface area contributed by atoms with Crippen LogP contribution in [0.1, 0.15) is 37.9 Å². The first-order chi connectivity index (χ1) is 13.4. The van der Waals surface area contributed by atoms with E-state index in [4.69, 9.17) is 21.5 Å². The van der Waals surface area contributed by atoms with Crippen molar-refractivity contribution in [1.82, 2.24) is 30.1 Å². The second-order valence-corrected chi connectivity index (χ2v) is 8.03. The van der Waals surface area contributed by atoms with Gasteiger partial charge in [0, 0.05) is 32.7 Å². The molecule has 1 aromatic carbocycles. The molecule has 1 saturated carbocycles. The number of aromatic nitrogens is 5. The Balaban J connectivity index is 0.00000205. The van der Waals surface area contributed by atoms with Gasteiger partial charge in [-0.3, -0.25) is 0 Å². The van der Waals surface area contributed by atoms with Crippen molar-refractivity contribution >= 4 is 17.3 Å². The molecule has 2 aromatic heterocycles. The van der Waals surface area contributed by atoms with Crippen LogP contribution in [0.25, 0.3) is 11.1 Å². The Bertz CT molecular complexity index is 1040. The molecule has 0 spiro atoms. The molecule has 1 unspecified atom stereocenters. The van der Waals surface area contributed by atoms with E-state index in [-0.39, 0.29) is 38.2 Å². The van der Waals surface area contributed by atoms with Gasteiger partial charge in [0.05, 0.1) is 10.6 Å². The smallest absolute Gasteiger partial charge is 0.253 e. The summed E-state index contributed by atoms with van der Waals surface area (Å²) in [6.07, 6.45) is 3.94. The maximum Gasteiger partial charge on any atom is 0.253 e. The molecule has 0 amide bonds. The second kappa shape index (κ2) is 7.68. The molecule has 5 rings (SSSR count). The maximum absolute atomic E-state index is 13.3. The van der Waals surface area contributed by atoms with E-state index in [0.29, 0.717) is 40.1 Å². The molecule has 149 valence electrons. The zero-order valence-electron chi connectivity index (χ0n) is 16.0. The number of benzene rings is 1. The van der Waals surface area contributed by atoms with Crippen LogP contribution in [0.2, 0.25) is 5.02 Å². The van der Waals surface area contributed by atoms with E-state index >= 15 is 0 Å². The molecule has 1 saturated heterocycles. The van der Waals surface area contributed by atoms with Gasteiger partial charge >= 0.3 is 0 Å². The van der Waals surface area contributed by atoms with Crippen molar-refractivity contribution in [1.29, 1.82) is 0 Å². The van der Waals surface area contributed by atoms with Crippen molar-refractivity contribution in [2.45, 2.75) is 44.7 Å². The number of aryl methyl sites for hydroxylation is 1. The van der Waals surface area contributed by atoms with E-state index in [1.54, 1.807) is 12.1 Å². The molecule has 3 atom stereocenters. The van der Waals surface area contributed by atoms with Gasteiger partial charge in [-0.2, -0.15) is 14.5 Å². The fourth-order valence-electron chi connectivity index (χ4n) is 4.43. The van der Waals surface area contributed by atoms with Crippen molar-refractivity contribution in [3.05, 3.63) is 52.5 Å². The van der Waals surface area contributed by atoms with Gasteiger partial charge in [-0.25, -0.2) is 0 Å². The van der Waals surface area contributed by atoms with Crippen molar-refractivity contribution in [3.63, 3.8) is 0 Å². The van der Waals surface area contributed by atoms with E-state index in [1.807, 2.05) is 13.0 Å². The van der Waals surface area contributed by atoms with Crippen LogP contribution in [0, 0.1) is 18.8 Å². The Morgan fingerprint density at radius 2 is 2.17 bits per heavy atom. The van der Waals surface area contributed by atoms with Crippen LogP contribution in [-0.2, 0) is 38.2 Å². The van der Waals surface area contributed by atoms with Crippen LogP contribution in [0.15, 0.2) is 28.9 Å². The molecule has 2 aliphatic rings. The van der Waals surface area contributed by atoms with E-state index in [2.05, 4.69) is 32.3 Å². The summed E-state index contributed by atoms with van der Waals surface area (Å²) >= 11 is 6.25. The minimum absolute atomic E-state index is 0. The molecule has 11 heteroatoms. The van der Waals surface area contributed by atoms with Crippen molar-refractivity contribution in [3.8, 4) is 5.69 Å². The summed E-state index contributed by atoms with van der Waals surface area (Å²) in [5.41, 5.74) is 5.63. The van der Waals surface area contributed by atoms with Crippen LogP contribution < -0.4 is 0 Å². The first-order valence-corrected chi connectivity index (χ1v) is 9.52. The van der Waals surface area contributed by atoms with Crippen molar-refractivity contribution < 1.29 is 41.6 Å². The van der Waals surface area contributed by atoms with Gasteiger partial charge in [0.15, 0.2) is 5.82 Å². The largest absolute Gasteiger partial charge is 0.619 e. The van der Waals surface area contributed by atoms with Crippen molar-refractivity contribution in [2.24, 2.45) is 5.92 Å². The molecule has 8 nitrogen and oxygen atoms in total. The summed E-state index contributed by atoms with van der Waals surface area (Å²) < 4.78 is 18.8. The van der Waals surface area contributed by atoms with Crippen LogP contribution in [0.5, 0.6) is 0 Å². The first kappa shape index (κ1) is 20.8. The van der Waals surface area contributed by atoms with Gasteiger partial charge in [-0.1, -0.05) is 29.7 Å². The van der Waals surface area contributed by atoms with Crippen LogP contribution in [0.3, 0.4) is 0 Å². The van der Waals surface area contributed by atoms with Gasteiger partial charge in [0.1, 0.15) is 11.9 Å².